The van der Waals surface area contributed by atoms with Crippen LogP contribution in [0.15, 0.2) is 4.42 Å². The molecule has 0 spiro atoms. The summed E-state index contributed by atoms with van der Waals surface area (Å²) in [4.78, 5) is 0. The van der Waals surface area contributed by atoms with Gasteiger partial charge in [-0.05, 0) is 29.7 Å². The number of hydrogen-bond donors (Lipinski definition) is 0. The average molecular weight is 234 g/mol. The molecule has 90 valence electrons. The smallest absolute Gasteiger partial charge is 0.238 e. The average Bonchev–Trinajstić information content (AvgIpc) is 2.93. The van der Waals surface area contributed by atoms with Crippen LogP contribution >= 0.6 is 0 Å². The normalized spacial score (nSPS) is 15.4. The summed E-state index contributed by atoms with van der Waals surface area (Å²) in [5, 5.41) is 19.6. The summed E-state index contributed by atoms with van der Waals surface area (Å²) in [5.74, 6) is 2.68. The van der Waals surface area contributed by atoms with Crippen molar-refractivity contribution in [2.24, 2.45) is 0 Å². The van der Waals surface area contributed by atoms with E-state index >= 15 is 0 Å². The van der Waals surface area contributed by atoms with Gasteiger partial charge in [0.2, 0.25) is 11.8 Å². The Bertz CT molecular complexity index is 500. The molecule has 2 aromatic rings. The van der Waals surface area contributed by atoms with Crippen LogP contribution in [0.3, 0.4) is 0 Å². The van der Waals surface area contributed by atoms with Gasteiger partial charge in [0.25, 0.3) is 0 Å². The second kappa shape index (κ2) is 4.23. The number of aromatic nitrogens is 6. The highest BCUT2D eigenvalue weighted by atomic mass is 16.4. The molecule has 17 heavy (non-hydrogen) atoms. The van der Waals surface area contributed by atoms with Crippen molar-refractivity contribution in [3.8, 4) is 0 Å². The highest BCUT2D eigenvalue weighted by Gasteiger charge is 2.29. The van der Waals surface area contributed by atoms with Crippen LogP contribution in [0.4, 0.5) is 0 Å². The van der Waals surface area contributed by atoms with Gasteiger partial charge in [-0.25, -0.2) is 4.68 Å². The first-order valence-corrected chi connectivity index (χ1v) is 5.94. The Hall–Kier alpha value is -1.79. The Kier molecular flexibility index (Phi) is 2.58. The van der Waals surface area contributed by atoms with E-state index in [0.717, 1.165) is 37.4 Å². The lowest BCUT2D eigenvalue weighted by molar-refractivity contribution is 0.424. The van der Waals surface area contributed by atoms with E-state index in [4.69, 9.17) is 4.42 Å². The molecule has 1 saturated carbocycles. The fraction of sp³-hybridized carbons (Fsp3) is 0.700. The van der Waals surface area contributed by atoms with Gasteiger partial charge in [-0.3, -0.25) is 0 Å². The van der Waals surface area contributed by atoms with Crippen molar-refractivity contribution < 1.29 is 4.42 Å². The van der Waals surface area contributed by atoms with Crippen LogP contribution in [0.2, 0.25) is 0 Å². The molecule has 0 radical (unpaired) electrons. The molecule has 0 aliphatic heterocycles. The second-order valence-corrected chi connectivity index (χ2v) is 4.31. The van der Waals surface area contributed by atoms with E-state index in [1.807, 2.05) is 0 Å². The van der Waals surface area contributed by atoms with Gasteiger partial charge in [0, 0.05) is 12.3 Å². The summed E-state index contributed by atoms with van der Waals surface area (Å²) in [5.41, 5.74) is 0. The molecule has 7 heteroatoms. The number of hydrogen-bond acceptors (Lipinski definition) is 6. The molecule has 0 amide bonds. The molecule has 1 fully saturated rings. The number of tetrazole rings is 1. The van der Waals surface area contributed by atoms with Gasteiger partial charge in [-0.1, -0.05) is 6.92 Å². The minimum atomic E-state index is 0.460. The van der Waals surface area contributed by atoms with Crippen molar-refractivity contribution in [2.45, 2.75) is 45.1 Å². The van der Waals surface area contributed by atoms with Crippen molar-refractivity contribution in [1.29, 1.82) is 0 Å². The fourth-order valence-electron chi connectivity index (χ4n) is 1.70. The molecule has 0 atom stereocenters. The van der Waals surface area contributed by atoms with E-state index in [1.54, 1.807) is 4.68 Å². The zero-order valence-corrected chi connectivity index (χ0v) is 9.70. The zero-order valence-electron chi connectivity index (χ0n) is 9.70. The lowest BCUT2D eigenvalue weighted by Gasteiger charge is -1.99. The maximum absolute atomic E-state index is 5.58. The number of nitrogens with zero attached hydrogens (tertiary/aromatic N) is 6. The summed E-state index contributed by atoms with van der Waals surface area (Å²) in [6.45, 7) is 2.55. The first-order chi connectivity index (χ1) is 8.36. The van der Waals surface area contributed by atoms with Gasteiger partial charge in [-0.15, -0.1) is 15.3 Å². The molecule has 0 unspecified atom stereocenters. The Labute approximate surface area is 98.2 Å². The molecule has 0 saturated heterocycles. The minimum absolute atomic E-state index is 0.460. The van der Waals surface area contributed by atoms with Crippen LogP contribution in [0, 0.1) is 0 Å². The predicted molar refractivity (Wildman–Crippen MR) is 57.2 cm³/mol. The van der Waals surface area contributed by atoms with Crippen LogP contribution in [0.5, 0.6) is 0 Å². The molecule has 1 aliphatic rings. The molecule has 3 rings (SSSR count). The van der Waals surface area contributed by atoms with E-state index < -0.39 is 0 Å². The topological polar surface area (TPSA) is 82.5 Å². The molecule has 0 aromatic carbocycles. The summed E-state index contributed by atoms with van der Waals surface area (Å²) < 4.78 is 7.29. The largest absolute Gasteiger partial charge is 0.423 e. The summed E-state index contributed by atoms with van der Waals surface area (Å²) in [6, 6.07) is 0. The number of aryl methyl sites for hydroxylation is 1. The standard InChI is InChI=1S/C10H14N6O/c1-2-3-8-11-14-15-16(8)6-9-12-13-10(17-9)7-4-5-7/h7H,2-6H2,1H3. The molecular formula is C10H14N6O. The molecule has 2 aromatic heterocycles. The van der Waals surface area contributed by atoms with Crippen molar-refractivity contribution in [1.82, 2.24) is 30.4 Å². The van der Waals surface area contributed by atoms with E-state index in [-0.39, 0.29) is 0 Å². The summed E-state index contributed by atoms with van der Waals surface area (Å²) in [6.07, 6.45) is 4.19. The van der Waals surface area contributed by atoms with Crippen LogP contribution in [-0.2, 0) is 13.0 Å². The highest BCUT2D eigenvalue weighted by Crippen LogP contribution is 2.38. The van der Waals surface area contributed by atoms with Crippen LogP contribution in [-0.4, -0.2) is 30.4 Å². The Balaban J connectivity index is 1.73. The van der Waals surface area contributed by atoms with Crippen molar-refractivity contribution in [2.75, 3.05) is 0 Å². The molecule has 1 aliphatic carbocycles. The van der Waals surface area contributed by atoms with Crippen molar-refractivity contribution >= 4 is 0 Å². The first-order valence-electron chi connectivity index (χ1n) is 5.94. The monoisotopic (exact) mass is 234 g/mol. The van der Waals surface area contributed by atoms with Gasteiger partial charge >= 0.3 is 0 Å². The first kappa shape index (κ1) is 10.4. The highest BCUT2D eigenvalue weighted by molar-refractivity contribution is 5.00. The van der Waals surface area contributed by atoms with Gasteiger partial charge < -0.3 is 4.42 Å². The van der Waals surface area contributed by atoms with Crippen LogP contribution in [0.25, 0.3) is 0 Å². The molecule has 0 N–H and O–H groups in total. The molecule has 2 heterocycles. The van der Waals surface area contributed by atoms with E-state index in [9.17, 15) is 0 Å². The lowest BCUT2D eigenvalue weighted by atomic mass is 10.3. The van der Waals surface area contributed by atoms with Crippen LogP contribution < -0.4 is 0 Å². The quantitative estimate of drug-likeness (QED) is 0.765. The minimum Gasteiger partial charge on any atom is -0.423 e. The van der Waals surface area contributed by atoms with Gasteiger partial charge in [0.05, 0.1) is 0 Å². The van der Waals surface area contributed by atoms with Crippen molar-refractivity contribution in [3.63, 3.8) is 0 Å². The van der Waals surface area contributed by atoms with E-state index in [2.05, 4.69) is 32.6 Å². The maximum atomic E-state index is 5.58. The van der Waals surface area contributed by atoms with Gasteiger partial charge in [-0.2, -0.15) is 0 Å². The van der Waals surface area contributed by atoms with E-state index in [1.165, 1.54) is 0 Å². The summed E-state index contributed by atoms with van der Waals surface area (Å²) in [7, 11) is 0. The molecule has 7 nitrogen and oxygen atoms in total. The molecular weight excluding hydrogens is 220 g/mol. The van der Waals surface area contributed by atoms with E-state index in [0.29, 0.717) is 18.4 Å². The third kappa shape index (κ3) is 2.17. The Morgan fingerprint density at radius 2 is 2.18 bits per heavy atom. The van der Waals surface area contributed by atoms with Crippen LogP contribution in [0.1, 0.15) is 49.7 Å². The third-order valence-electron chi connectivity index (χ3n) is 2.77. The molecule has 0 bridgehead atoms. The summed E-state index contributed by atoms with van der Waals surface area (Å²) >= 11 is 0. The maximum Gasteiger partial charge on any atom is 0.238 e. The fourth-order valence-corrected chi connectivity index (χ4v) is 1.70. The number of rotatable bonds is 5. The lowest BCUT2D eigenvalue weighted by Crippen LogP contribution is -2.07. The SMILES string of the molecule is CCCc1nnnn1Cc1nnc(C2CC2)o1. The Morgan fingerprint density at radius 3 is 2.94 bits per heavy atom. The van der Waals surface area contributed by atoms with Gasteiger partial charge in [0.15, 0.2) is 5.82 Å². The predicted octanol–water partition coefficient (Wildman–Crippen LogP) is 0.934. The van der Waals surface area contributed by atoms with Gasteiger partial charge in [0.1, 0.15) is 6.54 Å². The zero-order chi connectivity index (χ0) is 11.7. The van der Waals surface area contributed by atoms with Crippen molar-refractivity contribution in [3.05, 3.63) is 17.6 Å². The third-order valence-corrected chi connectivity index (χ3v) is 2.77. The second-order valence-electron chi connectivity index (χ2n) is 4.31. The Morgan fingerprint density at radius 1 is 1.29 bits per heavy atom.